The van der Waals surface area contributed by atoms with Crippen LogP contribution in [0.2, 0.25) is 5.02 Å². The number of anilines is 1. The van der Waals surface area contributed by atoms with Crippen molar-refractivity contribution in [3.05, 3.63) is 68.9 Å². The molecule has 0 unspecified atom stereocenters. The maximum absolute atomic E-state index is 12.4. The Morgan fingerprint density at radius 2 is 1.82 bits per heavy atom. The van der Waals surface area contributed by atoms with Crippen molar-refractivity contribution in [1.29, 1.82) is 0 Å². The Morgan fingerprint density at radius 1 is 1.04 bits per heavy atom. The molecule has 1 aromatic carbocycles. The lowest BCUT2D eigenvalue weighted by Crippen LogP contribution is -2.51. The number of hydrogen-bond acceptors (Lipinski definition) is 5. The highest BCUT2D eigenvalue weighted by Gasteiger charge is 2.34. The largest absolute Gasteiger partial charge is 0.352 e. The Balaban J connectivity index is 1.40. The fourth-order valence-electron chi connectivity index (χ4n) is 4.04. The van der Waals surface area contributed by atoms with E-state index in [0.717, 1.165) is 55.3 Å². The standard InChI is InChI=1S/C21H20ClN5O/c1-13-23-19-4-2-3-17(19)21(24-13)26-11-16(12-26)27-20(28)10-9-18(25-27)14-5-7-15(22)8-6-14/h5-10,16H,2-4,11-12H2,1H3. The van der Waals surface area contributed by atoms with Crippen molar-refractivity contribution in [2.45, 2.75) is 32.2 Å². The van der Waals surface area contributed by atoms with Gasteiger partial charge in [0.2, 0.25) is 0 Å². The molecule has 0 bridgehead atoms. The SMILES string of the molecule is Cc1nc2c(c(N3CC(n4nc(-c5ccc(Cl)cc5)ccc4=O)C3)n1)CCC2. The normalized spacial score (nSPS) is 16.1. The van der Waals surface area contributed by atoms with E-state index in [9.17, 15) is 4.79 Å². The van der Waals surface area contributed by atoms with Gasteiger partial charge in [0, 0.05) is 41.0 Å². The predicted octanol–water partition coefficient (Wildman–Crippen LogP) is 3.21. The van der Waals surface area contributed by atoms with Crippen molar-refractivity contribution in [3.63, 3.8) is 0 Å². The topological polar surface area (TPSA) is 63.9 Å². The highest BCUT2D eigenvalue weighted by atomic mass is 35.5. The van der Waals surface area contributed by atoms with Gasteiger partial charge < -0.3 is 4.90 Å². The summed E-state index contributed by atoms with van der Waals surface area (Å²) in [5.74, 6) is 1.86. The quantitative estimate of drug-likeness (QED) is 0.683. The van der Waals surface area contributed by atoms with Crippen LogP contribution in [0.1, 0.15) is 29.5 Å². The first-order valence-electron chi connectivity index (χ1n) is 9.55. The number of hydrogen-bond donors (Lipinski definition) is 0. The third-order valence-electron chi connectivity index (χ3n) is 5.50. The van der Waals surface area contributed by atoms with Crippen LogP contribution in [-0.2, 0) is 12.8 Å². The van der Waals surface area contributed by atoms with Crippen LogP contribution >= 0.6 is 11.6 Å². The third kappa shape index (κ3) is 2.98. The minimum Gasteiger partial charge on any atom is -0.352 e. The summed E-state index contributed by atoms with van der Waals surface area (Å²) in [6.07, 6.45) is 3.21. The summed E-state index contributed by atoms with van der Waals surface area (Å²) in [7, 11) is 0. The van der Waals surface area contributed by atoms with E-state index in [4.69, 9.17) is 11.6 Å². The maximum atomic E-state index is 12.4. The molecule has 1 fully saturated rings. The minimum atomic E-state index is -0.0774. The molecule has 2 aliphatic rings. The number of fused-ring (bicyclic) bond motifs is 1. The zero-order valence-corrected chi connectivity index (χ0v) is 16.4. The molecule has 1 aliphatic carbocycles. The summed E-state index contributed by atoms with van der Waals surface area (Å²) >= 11 is 5.97. The molecular formula is C21H20ClN5O. The van der Waals surface area contributed by atoms with Crippen molar-refractivity contribution in [3.8, 4) is 11.3 Å². The van der Waals surface area contributed by atoms with Crippen molar-refractivity contribution < 1.29 is 0 Å². The molecule has 28 heavy (non-hydrogen) atoms. The van der Waals surface area contributed by atoms with E-state index in [0.29, 0.717) is 5.02 Å². The first kappa shape index (κ1) is 17.4. The van der Waals surface area contributed by atoms with Crippen LogP contribution in [0.4, 0.5) is 5.82 Å². The fourth-order valence-corrected chi connectivity index (χ4v) is 4.17. The lowest BCUT2D eigenvalue weighted by molar-refractivity contribution is 0.352. The molecule has 1 aliphatic heterocycles. The van der Waals surface area contributed by atoms with Gasteiger partial charge in [0.15, 0.2) is 0 Å². The second-order valence-corrected chi connectivity index (χ2v) is 7.88. The molecular weight excluding hydrogens is 374 g/mol. The Labute approximate surface area is 167 Å². The molecule has 5 rings (SSSR count). The van der Waals surface area contributed by atoms with Crippen LogP contribution in [0.3, 0.4) is 0 Å². The van der Waals surface area contributed by atoms with Crippen LogP contribution in [-0.4, -0.2) is 32.8 Å². The van der Waals surface area contributed by atoms with Crippen molar-refractivity contribution in [2.24, 2.45) is 0 Å². The summed E-state index contributed by atoms with van der Waals surface area (Å²) in [5, 5.41) is 5.29. The van der Waals surface area contributed by atoms with Crippen LogP contribution < -0.4 is 10.5 Å². The van der Waals surface area contributed by atoms with E-state index in [1.807, 2.05) is 31.2 Å². The van der Waals surface area contributed by atoms with Gasteiger partial charge in [0.25, 0.3) is 5.56 Å². The van der Waals surface area contributed by atoms with E-state index in [1.54, 1.807) is 16.8 Å². The number of aromatic nitrogens is 4. The molecule has 1 saturated heterocycles. The molecule has 0 atom stereocenters. The van der Waals surface area contributed by atoms with Crippen molar-refractivity contribution in [1.82, 2.24) is 19.7 Å². The van der Waals surface area contributed by atoms with E-state index in [2.05, 4.69) is 20.0 Å². The number of benzene rings is 1. The van der Waals surface area contributed by atoms with Gasteiger partial charge in [-0.2, -0.15) is 5.10 Å². The van der Waals surface area contributed by atoms with Crippen molar-refractivity contribution in [2.75, 3.05) is 18.0 Å². The summed E-state index contributed by atoms with van der Waals surface area (Å²) in [6.45, 7) is 3.42. The van der Waals surface area contributed by atoms with E-state index >= 15 is 0 Å². The lowest BCUT2D eigenvalue weighted by Gasteiger charge is -2.41. The smallest absolute Gasteiger partial charge is 0.267 e. The van der Waals surface area contributed by atoms with Crippen molar-refractivity contribution >= 4 is 17.4 Å². The van der Waals surface area contributed by atoms with Gasteiger partial charge in [0.1, 0.15) is 11.6 Å². The van der Waals surface area contributed by atoms with Gasteiger partial charge >= 0.3 is 0 Å². The molecule has 2 aromatic heterocycles. The number of halogens is 1. The number of nitrogens with zero attached hydrogens (tertiary/aromatic N) is 5. The summed E-state index contributed by atoms with van der Waals surface area (Å²) in [4.78, 5) is 23.9. The summed E-state index contributed by atoms with van der Waals surface area (Å²) in [5.41, 5.74) is 4.10. The average molecular weight is 394 g/mol. The van der Waals surface area contributed by atoms with Crippen LogP contribution in [0.25, 0.3) is 11.3 Å². The molecule has 0 N–H and O–H groups in total. The van der Waals surface area contributed by atoms with Crippen LogP contribution in [0.15, 0.2) is 41.2 Å². The van der Waals surface area contributed by atoms with Gasteiger partial charge in [-0.05, 0) is 44.4 Å². The molecule has 6 nitrogen and oxygen atoms in total. The summed E-state index contributed by atoms with van der Waals surface area (Å²) in [6, 6.07) is 10.9. The van der Waals surface area contributed by atoms with E-state index < -0.39 is 0 Å². The molecule has 142 valence electrons. The molecule has 3 heterocycles. The first-order chi connectivity index (χ1) is 13.6. The summed E-state index contributed by atoms with van der Waals surface area (Å²) < 4.78 is 1.61. The molecule has 0 radical (unpaired) electrons. The average Bonchev–Trinajstić information content (AvgIpc) is 3.11. The molecule has 3 aromatic rings. The minimum absolute atomic E-state index is 0.0482. The Kier molecular flexibility index (Phi) is 4.16. The van der Waals surface area contributed by atoms with Gasteiger partial charge in [-0.25, -0.2) is 14.6 Å². The second-order valence-electron chi connectivity index (χ2n) is 7.44. The highest BCUT2D eigenvalue weighted by molar-refractivity contribution is 6.30. The van der Waals surface area contributed by atoms with Gasteiger partial charge in [0.05, 0.1) is 11.7 Å². The zero-order valence-electron chi connectivity index (χ0n) is 15.6. The molecule has 0 amide bonds. The number of aryl methyl sites for hydroxylation is 2. The zero-order chi connectivity index (χ0) is 19.3. The Bertz CT molecular complexity index is 1100. The highest BCUT2D eigenvalue weighted by Crippen LogP contribution is 2.33. The predicted molar refractivity (Wildman–Crippen MR) is 109 cm³/mol. The van der Waals surface area contributed by atoms with E-state index in [-0.39, 0.29) is 11.6 Å². The van der Waals surface area contributed by atoms with Crippen LogP contribution in [0, 0.1) is 6.92 Å². The molecule has 0 spiro atoms. The third-order valence-corrected chi connectivity index (χ3v) is 5.75. The molecule has 0 saturated carbocycles. The first-order valence-corrected chi connectivity index (χ1v) is 9.93. The maximum Gasteiger partial charge on any atom is 0.267 e. The monoisotopic (exact) mass is 393 g/mol. The Morgan fingerprint density at radius 3 is 2.61 bits per heavy atom. The fraction of sp³-hybridized carbons (Fsp3) is 0.333. The molecule has 7 heteroatoms. The van der Waals surface area contributed by atoms with Gasteiger partial charge in [-0.1, -0.05) is 23.7 Å². The van der Waals surface area contributed by atoms with E-state index in [1.165, 1.54) is 11.3 Å². The Hall–Kier alpha value is -2.73. The van der Waals surface area contributed by atoms with Gasteiger partial charge in [-0.3, -0.25) is 4.79 Å². The number of rotatable bonds is 3. The van der Waals surface area contributed by atoms with Crippen LogP contribution in [0.5, 0.6) is 0 Å². The van der Waals surface area contributed by atoms with Gasteiger partial charge in [-0.15, -0.1) is 0 Å². The lowest BCUT2D eigenvalue weighted by atomic mass is 10.1. The second kappa shape index (κ2) is 6.71.